The molecule has 0 fully saturated rings. The third kappa shape index (κ3) is 1.97. The Balaban J connectivity index is 1.80. The van der Waals surface area contributed by atoms with Crippen LogP contribution in [0.3, 0.4) is 0 Å². The Hall–Kier alpha value is -1.83. The first kappa shape index (κ1) is 12.9. The van der Waals surface area contributed by atoms with E-state index in [1.165, 1.54) is 22.1 Å². The van der Waals surface area contributed by atoms with Gasteiger partial charge >= 0.3 is 0 Å². The molecule has 1 nitrogen and oxygen atoms in total. The van der Waals surface area contributed by atoms with Gasteiger partial charge in [-0.15, -0.1) is 0 Å². The Labute approximate surface area is 129 Å². The minimum Gasteiger partial charge on any atom is -0.323 e. The van der Waals surface area contributed by atoms with E-state index in [-0.39, 0.29) is 6.04 Å². The summed E-state index contributed by atoms with van der Waals surface area (Å²) < 4.78 is 0. The molecule has 3 aromatic rings. The van der Waals surface area contributed by atoms with E-state index < -0.39 is 0 Å². The van der Waals surface area contributed by atoms with Crippen molar-refractivity contribution in [1.29, 1.82) is 0 Å². The molecule has 0 heterocycles. The molecule has 1 aliphatic carbocycles. The lowest BCUT2D eigenvalue weighted by atomic mass is 9.71. The molecular weight excluding hydrogens is 278 g/mol. The molecule has 2 heteroatoms. The molecule has 2 N–H and O–H groups in total. The summed E-state index contributed by atoms with van der Waals surface area (Å²) in [6.07, 6.45) is 1.06. The van der Waals surface area contributed by atoms with Crippen molar-refractivity contribution >= 4 is 22.4 Å². The molecule has 4 rings (SSSR count). The van der Waals surface area contributed by atoms with Crippen LogP contribution in [0, 0.1) is 0 Å². The lowest BCUT2D eigenvalue weighted by molar-refractivity contribution is 0.502. The molecule has 0 bridgehead atoms. The molecule has 0 aliphatic heterocycles. The summed E-state index contributed by atoms with van der Waals surface area (Å²) >= 11 is 6.30. The number of nitrogens with two attached hydrogens (primary N) is 1. The summed E-state index contributed by atoms with van der Waals surface area (Å²) in [5, 5.41) is 3.04. The first-order chi connectivity index (χ1) is 10.3. The molecular formula is C19H16ClN. The Morgan fingerprint density at radius 2 is 1.62 bits per heavy atom. The molecule has 3 aromatic carbocycles. The minimum atomic E-state index is 0.0158. The van der Waals surface area contributed by atoms with Crippen molar-refractivity contribution in [3.05, 3.63) is 82.4 Å². The number of fused-ring (bicyclic) bond motifs is 2. The number of halogens is 1. The van der Waals surface area contributed by atoms with Crippen molar-refractivity contribution in [3.63, 3.8) is 0 Å². The summed E-state index contributed by atoms with van der Waals surface area (Å²) in [6, 6.07) is 20.9. The zero-order valence-corrected chi connectivity index (χ0v) is 12.3. The third-order valence-electron chi connectivity index (χ3n) is 4.59. The molecule has 0 amide bonds. The van der Waals surface area contributed by atoms with E-state index in [2.05, 4.69) is 42.5 Å². The van der Waals surface area contributed by atoms with Gasteiger partial charge in [-0.1, -0.05) is 66.2 Å². The van der Waals surface area contributed by atoms with Crippen LogP contribution in [-0.2, 0) is 6.42 Å². The van der Waals surface area contributed by atoms with E-state index in [4.69, 9.17) is 17.3 Å². The third-order valence-corrected chi connectivity index (χ3v) is 4.92. The Morgan fingerprint density at radius 3 is 2.43 bits per heavy atom. The van der Waals surface area contributed by atoms with Crippen LogP contribution in [0.2, 0.25) is 5.02 Å². The summed E-state index contributed by atoms with van der Waals surface area (Å²) in [6.45, 7) is 0. The first-order valence-corrected chi connectivity index (χ1v) is 7.64. The van der Waals surface area contributed by atoms with Gasteiger partial charge in [0.25, 0.3) is 0 Å². The van der Waals surface area contributed by atoms with E-state index in [9.17, 15) is 0 Å². The highest BCUT2D eigenvalue weighted by atomic mass is 35.5. The van der Waals surface area contributed by atoms with Gasteiger partial charge in [0.1, 0.15) is 0 Å². The summed E-state index contributed by atoms with van der Waals surface area (Å²) in [4.78, 5) is 0. The molecule has 0 aromatic heterocycles. The number of benzene rings is 3. The topological polar surface area (TPSA) is 26.0 Å². The van der Waals surface area contributed by atoms with Crippen molar-refractivity contribution < 1.29 is 0 Å². The van der Waals surface area contributed by atoms with Crippen molar-refractivity contribution in [2.75, 3.05) is 0 Å². The van der Waals surface area contributed by atoms with Gasteiger partial charge in [-0.2, -0.15) is 0 Å². The minimum absolute atomic E-state index is 0.0158. The van der Waals surface area contributed by atoms with Gasteiger partial charge in [-0.25, -0.2) is 0 Å². The van der Waals surface area contributed by atoms with Gasteiger partial charge in [-0.3, -0.25) is 0 Å². The fourth-order valence-corrected chi connectivity index (χ4v) is 3.64. The van der Waals surface area contributed by atoms with Crippen molar-refractivity contribution in [3.8, 4) is 0 Å². The fourth-order valence-electron chi connectivity index (χ4n) is 3.41. The monoisotopic (exact) mass is 293 g/mol. The summed E-state index contributed by atoms with van der Waals surface area (Å²) in [7, 11) is 0. The standard InChI is InChI=1S/C19H16ClN/c20-18-10-9-16(14-7-3-4-8-15(14)18)19(21)17-11-12-5-1-2-6-13(12)17/h1-10,17,19H,11,21H2. The van der Waals surface area contributed by atoms with Gasteiger partial charge in [0.15, 0.2) is 0 Å². The molecule has 0 saturated heterocycles. The van der Waals surface area contributed by atoms with Gasteiger partial charge in [0, 0.05) is 22.4 Å². The summed E-state index contributed by atoms with van der Waals surface area (Å²) in [5.74, 6) is 0.408. The average Bonchev–Trinajstić information content (AvgIpc) is 2.49. The lowest BCUT2D eigenvalue weighted by Gasteiger charge is -2.35. The number of rotatable bonds is 2. The van der Waals surface area contributed by atoms with Crippen LogP contribution >= 0.6 is 11.6 Å². The molecule has 0 spiro atoms. The van der Waals surface area contributed by atoms with E-state index >= 15 is 0 Å². The Kier molecular flexibility index (Phi) is 2.99. The maximum Gasteiger partial charge on any atom is 0.0484 e. The van der Waals surface area contributed by atoms with Crippen molar-refractivity contribution in [2.45, 2.75) is 18.4 Å². The normalized spacial score (nSPS) is 18.1. The molecule has 2 atom stereocenters. The molecule has 2 unspecified atom stereocenters. The van der Waals surface area contributed by atoms with Gasteiger partial charge < -0.3 is 5.73 Å². The van der Waals surface area contributed by atoms with Crippen LogP contribution in [0.15, 0.2) is 60.7 Å². The van der Waals surface area contributed by atoms with Crippen LogP contribution < -0.4 is 5.73 Å². The predicted octanol–water partition coefficient (Wildman–Crippen LogP) is 4.83. The Bertz CT molecular complexity index is 825. The molecule has 1 aliphatic rings. The SMILES string of the molecule is NC(c1ccc(Cl)c2ccccc12)C1Cc2ccccc21. The maximum absolute atomic E-state index is 6.59. The van der Waals surface area contributed by atoms with Gasteiger partial charge in [-0.05, 0) is 34.6 Å². The molecule has 21 heavy (non-hydrogen) atoms. The zero-order valence-electron chi connectivity index (χ0n) is 11.6. The second kappa shape index (κ2) is 4.87. The highest BCUT2D eigenvalue weighted by Crippen LogP contribution is 2.44. The van der Waals surface area contributed by atoms with E-state index in [0.717, 1.165) is 16.8 Å². The largest absolute Gasteiger partial charge is 0.323 e. The molecule has 104 valence electrons. The molecule has 0 radical (unpaired) electrons. The van der Waals surface area contributed by atoms with Crippen molar-refractivity contribution in [1.82, 2.24) is 0 Å². The average molecular weight is 294 g/mol. The van der Waals surface area contributed by atoms with E-state index in [1.54, 1.807) is 0 Å². The number of hydrogen-bond donors (Lipinski definition) is 1. The van der Waals surface area contributed by atoms with Crippen molar-refractivity contribution in [2.24, 2.45) is 5.73 Å². The lowest BCUT2D eigenvalue weighted by Crippen LogP contribution is -2.29. The predicted molar refractivity (Wildman–Crippen MR) is 88.8 cm³/mol. The second-order valence-electron chi connectivity index (χ2n) is 5.72. The van der Waals surface area contributed by atoms with Crippen LogP contribution in [0.4, 0.5) is 0 Å². The first-order valence-electron chi connectivity index (χ1n) is 7.26. The van der Waals surface area contributed by atoms with E-state index in [0.29, 0.717) is 5.92 Å². The number of hydrogen-bond acceptors (Lipinski definition) is 1. The van der Waals surface area contributed by atoms with Crippen LogP contribution in [0.5, 0.6) is 0 Å². The zero-order chi connectivity index (χ0) is 14.4. The Morgan fingerprint density at radius 1 is 0.905 bits per heavy atom. The summed E-state index contributed by atoms with van der Waals surface area (Å²) in [5.41, 5.74) is 10.6. The van der Waals surface area contributed by atoms with E-state index in [1.807, 2.05) is 18.2 Å². The van der Waals surface area contributed by atoms with Crippen LogP contribution in [0.25, 0.3) is 10.8 Å². The smallest absolute Gasteiger partial charge is 0.0484 e. The van der Waals surface area contributed by atoms with Gasteiger partial charge in [0.2, 0.25) is 0 Å². The fraction of sp³-hybridized carbons (Fsp3) is 0.158. The van der Waals surface area contributed by atoms with Crippen LogP contribution in [-0.4, -0.2) is 0 Å². The van der Waals surface area contributed by atoms with Gasteiger partial charge in [0.05, 0.1) is 0 Å². The maximum atomic E-state index is 6.59. The highest BCUT2D eigenvalue weighted by molar-refractivity contribution is 6.35. The highest BCUT2D eigenvalue weighted by Gasteiger charge is 2.32. The van der Waals surface area contributed by atoms with Crippen LogP contribution in [0.1, 0.15) is 28.7 Å². The quantitative estimate of drug-likeness (QED) is 0.719. The molecule has 0 saturated carbocycles. The second-order valence-corrected chi connectivity index (χ2v) is 6.12.